The number of aromatic nitrogens is 1. The highest BCUT2D eigenvalue weighted by Gasteiger charge is 2.05. The van der Waals surface area contributed by atoms with Gasteiger partial charge in [-0.2, -0.15) is 0 Å². The molecule has 0 radical (unpaired) electrons. The number of aryl methyl sites for hydroxylation is 1. The molecule has 0 saturated carbocycles. The summed E-state index contributed by atoms with van der Waals surface area (Å²) in [5.41, 5.74) is 3.42. The van der Waals surface area contributed by atoms with Gasteiger partial charge in [0.25, 0.3) is 0 Å². The largest absolute Gasteiger partial charge is 0.343 e. The number of hydrogen-bond acceptors (Lipinski definition) is 0. The van der Waals surface area contributed by atoms with E-state index in [0.717, 1.165) is 12.1 Å². The van der Waals surface area contributed by atoms with Gasteiger partial charge < -0.3 is 4.57 Å². The van der Waals surface area contributed by atoms with Crippen molar-refractivity contribution in [2.24, 2.45) is 0 Å². The summed E-state index contributed by atoms with van der Waals surface area (Å²) < 4.78 is 15.7. The van der Waals surface area contributed by atoms with Crippen molar-refractivity contribution in [3.05, 3.63) is 71.7 Å². The van der Waals surface area contributed by atoms with E-state index < -0.39 is 0 Å². The average molecular weight is 239 g/mol. The molecule has 0 unspecified atom stereocenters. The summed E-state index contributed by atoms with van der Waals surface area (Å²) in [7, 11) is 0. The second-order valence-electron chi connectivity index (χ2n) is 4.61. The van der Waals surface area contributed by atoms with Crippen LogP contribution in [-0.4, -0.2) is 4.57 Å². The van der Waals surface area contributed by atoms with Gasteiger partial charge in [-0.15, -0.1) is 0 Å². The Morgan fingerprint density at radius 2 is 1.89 bits per heavy atom. The topological polar surface area (TPSA) is 4.93 Å². The fourth-order valence-corrected chi connectivity index (χ4v) is 2.33. The smallest absolute Gasteiger partial charge is 0.132 e. The van der Waals surface area contributed by atoms with Gasteiger partial charge in [0.1, 0.15) is 5.82 Å². The summed E-state index contributed by atoms with van der Waals surface area (Å²) in [4.78, 5) is 0. The Balaban J connectivity index is 2.03. The number of hydrogen-bond donors (Lipinski definition) is 0. The molecule has 0 aliphatic rings. The quantitative estimate of drug-likeness (QED) is 0.633. The van der Waals surface area contributed by atoms with Crippen molar-refractivity contribution >= 4 is 10.9 Å². The van der Waals surface area contributed by atoms with Crippen LogP contribution in [0.1, 0.15) is 11.1 Å². The molecule has 1 nitrogen and oxygen atoms in total. The fourth-order valence-electron chi connectivity index (χ4n) is 2.33. The van der Waals surface area contributed by atoms with E-state index in [-0.39, 0.29) is 5.82 Å². The summed E-state index contributed by atoms with van der Waals surface area (Å²) in [6, 6.07) is 15.4. The lowest BCUT2D eigenvalue weighted by atomic mass is 10.1. The van der Waals surface area contributed by atoms with Crippen molar-refractivity contribution in [2.45, 2.75) is 13.5 Å². The molecule has 0 bridgehead atoms. The molecule has 0 saturated heterocycles. The van der Waals surface area contributed by atoms with E-state index in [2.05, 4.69) is 35.8 Å². The molecular formula is C16H14FN. The van der Waals surface area contributed by atoms with Gasteiger partial charge in [0.15, 0.2) is 0 Å². The van der Waals surface area contributed by atoms with E-state index in [1.807, 2.05) is 18.3 Å². The van der Waals surface area contributed by atoms with Gasteiger partial charge in [-0.1, -0.05) is 35.9 Å². The number of benzene rings is 2. The minimum Gasteiger partial charge on any atom is -0.343 e. The third-order valence-electron chi connectivity index (χ3n) is 3.20. The summed E-state index contributed by atoms with van der Waals surface area (Å²) in [6.45, 7) is 2.85. The van der Waals surface area contributed by atoms with Crippen LogP contribution in [0.15, 0.2) is 54.7 Å². The minimum atomic E-state index is -0.157. The minimum absolute atomic E-state index is 0.157. The van der Waals surface area contributed by atoms with Gasteiger partial charge in [-0.25, -0.2) is 4.39 Å². The summed E-state index contributed by atoms with van der Waals surface area (Å²) in [5, 5.41) is 0.685. The first kappa shape index (κ1) is 11.0. The highest BCUT2D eigenvalue weighted by atomic mass is 19.1. The Kier molecular flexibility index (Phi) is 2.63. The molecule has 3 aromatic rings. The van der Waals surface area contributed by atoms with Crippen molar-refractivity contribution in [3.63, 3.8) is 0 Å². The maximum Gasteiger partial charge on any atom is 0.132 e. The zero-order chi connectivity index (χ0) is 12.5. The van der Waals surface area contributed by atoms with E-state index >= 15 is 0 Å². The average Bonchev–Trinajstić information content (AvgIpc) is 2.74. The molecule has 0 fully saturated rings. The van der Waals surface area contributed by atoms with Crippen LogP contribution < -0.4 is 0 Å². The maximum absolute atomic E-state index is 13.6. The van der Waals surface area contributed by atoms with Crippen molar-refractivity contribution < 1.29 is 4.39 Å². The molecule has 1 aromatic heterocycles. The summed E-state index contributed by atoms with van der Waals surface area (Å²) in [5.74, 6) is -0.157. The second-order valence-corrected chi connectivity index (χ2v) is 4.61. The van der Waals surface area contributed by atoms with Crippen molar-refractivity contribution in [2.75, 3.05) is 0 Å². The predicted octanol–water partition coefficient (Wildman–Crippen LogP) is 4.14. The highest BCUT2D eigenvalue weighted by molar-refractivity contribution is 5.80. The van der Waals surface area contributed by atoms with Crippen LogP contribution in [0.4, 0.5) is 4.39 Å². The van der Waals surface area contributed by atoms with Crippen LogP contribution in [0.3, 0.4) is 0 Å². The molecular weight excluding hydrogens is 225 g/mol. The molecule has 1 heterocycles. The number of fused-ring (bicyclic) bond motifs is 1. The Hall–Kier alpha value is -2.09. The standard InChI is InChI=1S/C16H14FN/c1-12-4-2-5-13(10-12)11-18-9-8-14-15(17)6-3-7-16(14)18/h2-10H,11H2,1H3. The first-order valence-electron chi connectivity index (χ1n) is 6.03. The summed E-state index contributed by atoms with van der Waals surface area (Å²) in [6.07, 6.45) is 1.94. The third-order valence-corrected chi connectivity index (χ3v) is 3.20. The number of halogens is 1. The van der Waals surface area contributed by atoms with Gasteiger partial charge in [0.05, 0.1) is 5.52 Å². The molecule has 2 heteroatoms. The monoisotopic (exact) mass is 239 g/mol. The number of rotatable bonds is 2. The molecule has 0 N–H and O–H groups in total. The second kappa shape index (κ2) is 4.30. The van der Waals surface area contributed by atoms with Crippen molar-refractivity contribution in [1.82, 2.24) is 4.57 Å². The van der Waals surface area contributed by atoms with E-state index in [4.69, 9.17) is 0 Å². The van der Waals surface area contributed by atoms with Gasteiger partial charge in [-0.3, -0.25) is 0 Å². The van der Waals surface area contributed by atoms with Crippen LogP contribution in [-0.2, 0) is 6.54 Å². The predicted molar refractivity (Wildman–Crippen MR) is 72.2 cm³/mol. The normalized spacial score (nSPS) is 11.0. The molecule has 0 aliphatic heterocycles. The fraction of sp³-hybridized carbons (Fsp3) is 0.125. The van der Waals surface area contributed by atoms with Crippen LogP contribution in [0.25, 0.3) is 10.9 Å². The molecule has 0 aliphatic carbocycles. The molecule has 3 rings (SSSR count). The first-order valence-corrected chi connectivity index (χ1v) is 6.03. The van der Waals surface area contributed by atoms with Gasteiger partial charge in [-0.05, 0) is 30.7 Å². The van der Waals surface area contributed by atoms with Crippen molar-refractivity contribution in [1.29, 1.82) is 0 Å². The van der Waals surface area contributed by atoms with Crippen LogP contribution in [0.2, 0.25) is 0 Å². The van der Waals surface area contributed by atoms with E-state index in [1.165, 1.54) is 17.2 Å². The Morgan fingerprint density at radius 1 is 1.06 bits per heavy atom. The Labute approximate surface area is 105 Å². The molecule has 2 aromatic carbocycles. The van der Waals surface area contributed by atoms with Gasteiger partial charge >= 0.3 is 0 Å². The molecule has 18 heavy (non-hydrogen) atoms. The lowest BCUT2D eigenvalue weighted by Gasteiger charge is -2.06. The zero-order valence-electron chi connectivity index (χ0n) is 10.2. The van der Waals surface area contributed by atoms with E-state index in [9.17, 15) is 4.39 Å². The third kappa shape index (κ3) is 1.90. The maximum atomic E-state index is 13.6. The lowest BCUT2D eigenvalue weighted by molar-refractivity contribution is 0.639. The lowest BCUT2D eigenvalue weighted by Crippen LogP contribution is -1.98. The number of nitrogens with zero attached hydrogens (tertiary/aromatic N) is 1. The van der Waals surface area contributed by atoms with E-state index in [1.54, 1.807) is 6.07 Å². The molecule has 90 valence electrons. The Morgan fingerprint density at radius 3 is 2.72 bits per heavy atom. The Bertz CT molecular complexity index is 697. The summed E-state index contributed by atoms with van der Waals surface area (Å²) >= 11 is 0. The van der Waals surface area contributed by atoms with Crippen LogP contribution in [0.5, 0.6) is 0 Å². The van der Waals surface area contributed by atoms with Crippen molar-refractivity contribution in [3.8, 4) is 0 Å². The molecule has 0 atom stereocenters. The van der Waals surface area contributed by atoms with Crippen LogP contribution >= 0.6 is 0 Å². The molecule has 0 spiro atoms. The van der Waals surface area contributed by atoms with Crippen LogP contribution in [0, 0.1) is 12.7 Å². The van der Waals surface area contributed by atoms with Gasteiger partial charge in [0, 0.05) is 18.1 Å². The zero-order valence-corrected chi connectivity index (χ0v) is 10.2. The molecule has 0 amide bonds. The van der Waals surface area contributed by atoms with E-state index in [0.29, 0.717) is 5.39 Å². The van der Waals surface area contributed by atoms with Gasteiger partial charge in [0.2, 0.25) is 0 Å². The highest BCUT2D eigenvalue weighted by Crippen LogP contribution is 2.20. The SMILES string of the molecule is Cc1cccc(Cn2ccc3c(F)cccc32)c1. The first-order chi connectivity index (χ1) is 8.74.